The summed E-state index contributed by atoms with van der Waals surface area (Å²) in [5, 5.41) is 15.7. The van der Waals surface area contributed by atoms with E-state index in [1.807, 2.05) is 20.8 Å². The number of aryl methyl sites for hydroxylation is 1. The van der Waals surface area contributed by atoms with E-state index in [1.165, 1.54) is 16.7 Å². The summed E-state index contributed by atoms with van der Waals surface area (Å²) in [5.74, 6) is -0.181. The number of carboxylic acids is 1. The highest BCUT2D eigenvalue weighted by Gasteiger charge is 2.44. The van der Waals surface area contributed by atoms with Crippen molar-refractivity contribution in [3.63, 3.8) is 0 Å². The second-order valence-corrected chi connectivity index (χ2v) is 6.14. The first-order chi connectivity index (χ1) is 9.45. The topological polar surface area (TPSA) is 99.2 Å². The van der Waals surface area contributed by atoms with E-state index in [1.54, 1.807) is 0 Å². The lowest BCUT2D eigenvalue weighted by molar-refractivity contribution is -0.141. The van der Waals surface area contributed by atoms with Crippen molar-refractivity contribution in [1.82, 2.24) is 20.1 Å². The van der Waals surface area contributed by atoms with E-state index in [2.05, 4.69) is 15.2 Å². The Morgan fingerprint density at radius 3 is 2.75 bits per heavy atom. The molecule has 8 heteroatoms. The van der Waals surface area contributed by atoms with Crippen molar-refractivity contribution in [1.29, 1.82) is 0 Å². The van der Waals surface area contributed by atoms with Gasteiger partial charge in [-0.05, 0) is 5.92 Å². The maximum atomic E-state index is 12.5. The summed E-state index contributed by atoms with van der Waals surface area (Å²) in [7, 11) is 0. The van der Waals surface area contributed by atoms with Crippen molar-refractivity contribution in [2.75, 3.05) is 5.75 Å². The van der Waals surface area contributed by atoms with Gasteiger partial charge in [-0.25, -0.2) is 9.78 Å². The number of H-pyrrole nitrogens is 1. The molecule has 7 nitrogen and oxygen atoms in total. The van der Waals surface area contributed by atoms with Gasteiger partial charge in [0.2, 0.25) is 5.82 Å². The van der Waals surface area contributed by atoms with Crippen LogP contribution in [0.3, 0.4) is 0 Å². The summed E-state index contributed by atoms with van der Waals surface area (Å²) in [5.41, 5.74) is 0. The Morgan fingerprint density at radius 1 is 1.55 bits per heavy atom. The van der Waals surface area contributed by atoms with Crippen molar-refractivity contribution in [2.24, 2.45) is 5.92 Å². The molecular formula is C12H18N4O3S. The molecule has 1 amide bonds. The number of rotatable bonds is 4. The second-order valence-electron chi connectivity index (χ2n) is 4.99. The van der Waals surface area contributed by atoms with Crippen LogP contribution in [0.15, 0.2) is 0 Å². The molecule has 0 radical (unpaired) electrons. The Labute approximate surface area is 121 Å². The molecule has 20 heavy (non-hydrogen) atoms. The Hall–Kier alpha value is -1.57. The zero-order valence-corrected chi connectivity index (χ0v) is 12.5. The van der Waals surface area contributed by atoms with E-state index in [-0.39, 0.29) is 17.1 Å². The summed E-state index contributed by atoms with van der Waals surface area (Å²) >= 11 is 1.49. The number of hydrogen-bond donors (Lipinski definition) is 2. The van der Waals surface area contributed by atoms with Crippen molar-refractivity contribution >= 4 is 23.6 Å². The highest BCUT2D eigenvalue weighted by Crippen LogP contribution is 2.34. The number of hydrogen-bond acceptors (Lipinski definition) is 5. The fraction of sp³-hybridized carbons (Fsp3) is 0.667. The average Bonchev–Trinajstić information content (AvgIpc) is 3.04. The SMILES string of the molecule is CCc1nc(C(=O)N2C(C(=O)O)CSC2C(C)C)n[nH]1. The molecule has 110 valence electrons. The Morgan fingerprint density at radius 2 is 2.25 bits per heavy atom. The number of aromatic amines is 1. The molecule has 0 bridgehead atoms. The molecule has 1 aromatic rings. The second kappa shape index (κ2) is 5.82. The van der Waals surface area contributed by atoms with E-state index in [4.69, 9.17) is 0 Å². The molecule has 2 rings (SSSR count). The minimum Gasteiger partial charge on any atom is -0.480 e. The van der Waals surface area contributed by atoms with Crippen LogP contribution in [-0.2, 0) is 11.2 Å². The Kier molecular flexibility index (Phi) is 4.32. The molecular weight excluding hydrogens is 280 g/mol. The van der Waals surface area contributed by atoms with Crippen LogP contribution in [0.25, 0.3) is 0 Å². The first-order valence-electron chi connectivity index (χ1n) is 6.54. The van der Waals surface area contributed by atoms with Crippen molar-refractivity contribution < 1.29 is 14.7 Å². The standard InChI is InChI=1S/C12H18N4O3S/c1-4-8-13-9(15-14-8)10(17)16-7(12(18)19)5-20-11(16)6(2)3/h6-7,11H,4-5H2,1-3H3,(H,18,19)(H,13,14,15). The fourth-order valence-electron chi connectivity index (χ4n) is 2.15. The molecule has 0 aromatic carbocycles. The molecule has 1 aromatic heterocycles. The monoisotopic (exact) mass is 298 g/mol. The third-order valence-corrected chi connectivity index (χ3v) is 4.80. The maximum absolute atomic E-state index is 12.5. The lowest BCUT2D eigenvalue weighted by atomic mass is 10.1. The normalized spacial score (nSPS) is 22.5. The number of nitrogens with zero attached hydrogens (tertiary/aromatic N) is 3. The van der Waals surface area contributed by atoms with Crippen molar-refractivity contribution in [3.8, 4) is 0 Å². The van der Waals surface area contributed by atoms with Crippen molar-refractivity contribution in [3.05, 3.63) is 11.6 Å². The molecule has 0 spiro atoms. The predicted molar refractivity (Wildman–Crippen MR) is 74.4 cm³/mol. The van der Waals surface area contributed by atoms with Gasteiger partial charge < -0.3 is 10.0 Å². The number of carbonyl (C=O) groups excluding carboxylic acids is 1. The highest BCUT2D eigenvalue weighted by atomic mass is 32.2. The van der Waals surface area contributed by atoms with E-state index in [9.17, 15) is 14.7 Å². The average molecular weight is 298 g/mol. The van der Waals surface area contributed by atoms with Gasteiger partial charge in [0, 0.05) is 12.2 Å². The molecule has 1 aliphatic rings. The van der Waals surface area contributed by atoms with Crippen LogP contribution in [0.4, 0.5) is 0 Å². The predicted octanol–water partition coefficient (Wildman–Crippen LogP) is 0.991. The number of aliphatic carboxylic acids is 1. The third-order valence-electron chi connectivity index (χ3n) is 3.18. The minimum absolute atomic E-state index is 0.0428. The minimum atomic E-state index is -0.986. The number of carboxylic acid groups (broad SMARTS) is 1. The van der Waals surface area contributed by atoms with Gasteiger partial charge in [-0.2, -0.15) is 0 Å². The van der Waals surface area contributed by atoms with Crippen LogP contribution >= 0.6 is 11.8 Å². The van der Waals surface area contributed by atoms with Gasteiger partial charge in [-0.1, -0.05) is 20.8 Å². The molecule has 1 saturated heterocycles. The van der Waals surface area contributed by atoms with Gasteiger partial charge >= 0.3 is 5.97 Å². The van der Waals surface area contributed by atoms with Crippen LogP contribution in [-0.4, -0.2) is 54.2 Å². The lowest BCUT2D eigenvalue weighted by Gasteiger charge is -2.28. The van der Waals surface area contributed by atoms with E-state index in [0.717, 1.165) is 0 Å². The van der Waals surface area contributed by atoms with Crippen LogP contribution in [0.1, 0.15) is 37.2 Å². The zero-order valence-electron chi connectivity index (χ0n) is 11.7. The molecule has 1 aliphatic heterocycles. The van der Waals surface area contributed by atoms with Crippen LogP contribution in [0.2, 0.25) is 0 Å². The number of amides is 1. The van der Waals surface area contributed by atoms with Crippen molar-refractivity contribution in [2.45, 2.75) is 38.6 Å². The number of carbonyl (C=O) groups is 2. The van der Waals surface area contributed by atoms with Gasteiger partial charge in [0.25, 0.3) is 5.91 Å². The highest BCUT2D eigenvalue weighted by molar-refractivity contribution is 8.00. The first kappa shape index (κ1) is 14.8. The summed E-state index contributed by atoms with van der Waals surface area (Å²) in [6, 6.07) is -0.816. The smallest absolute Gasteiger partial charge is 0.327 e. The molecule has 2 atom stereocenters. The van der Waals surface area contributed by atoms with E-state index < -0.39 is 17.9 Å². The maximum Gasteiger partial charge on any atom is 0.327 e. The number of thioether (sulfide) groups is 1. The number of nitrogens with one attached hydrogen (secondary N) is 1. The van der Waals surface area contributed by atoms with Crippen LogP contribution in [0, 0.1) is 5.92 Å². The molecule has 1 fully saturated rings. The number of aromatic nitrogens is 3. The quantitative estimate of drug-likeness (QED) is 0.860. The van der Waals surface area contributed by atoms with Gasteiger partial charge in [-0.3, -0.25) is 9.89 Å². The summed E-state index contributed by atoms with van der Waals surface area (Å²) in [6.45, 7) is 5.84. The molecule has 2 unspecified atom stereocenters. The fourth-order valence-corrected chi connectivity index (χ4v) is 3.62. The largest absolute Gasteiger partial charge is 0.480 e. The Balaban J connectivity index is 2.29. The van der Waals surface area contributed by atoms with Gasteiger partial charge in [-0.15, -0.1) is 16.9 Å². The molecule has 0 saturated carbocycles. The molecule has 0 aliphatic carbocycles. The third kappa shape index (κ3) is 2.65. The summed E-state index contributed by atoms with van der Waals surface area (Å²) in [4.78, 5) is 29.3. The lowest BCUT2D eigenvalue weighted by Crippen LogP contribution is -2.47. The van der Waals surface area contributed by atoms with E-state index >= 15 is 0 Å². The van der Waals surface area contributed by atoms with Gasteiger partial charge in [0.15, 0.2) is 0 Å². The summed E-state index contributed by atoms with van der Waals surface area (Å²) < 4.78 is 0. The van der Waals surface area contributed by atoms with E-state index in [0.29, 0.717) is 18.0 Å². The van der Waals surface area contributed by atoms with Gasteiger partial charge in [0.1, 0.15) is 11.9 Å². The molecule has 2 heterocycles. The van der Waals surface area contributed by atoms with Crippen LogP contribution in [0.5, 0.6) is 0 Å². The Bertz CT molecular complexity index is 517. The summed E-state index contributed by atoms with van der Waals surface area (Å²) in [6.07, 6.45) is 0.644. The first-order valence-corrected chi connectivity index (χ1v) is 7.59. The van der Waals surface area contributed by atoms with Crippen LogP contribution < -0.4 is 0 Å². The van der Waals surface area contributed by atoms with Gasteiger partial charge in [0.05, 0.1) is 5.37 Å². The molecule has 2 N–H and O–H groups in total. The zero-order chi connectivity index (χ0) is 14.9.